The number of hydrogen-bond donors (Lipinski definition) is 0. The molecule has 2 aromatic rings. The summed E-state index contributed by atoms with van der Waals surface area (Å²) in [6.07, 6.45) is 7.65. The minimum atomic E-state index is -0.288. The average molecular weight is 381 g/mol. The lowest BCUT2D eigenvalue weighted by molar-refractivity contribution is -0.244. The van der Waals surface area contributed by atoms with E-state index in [9.17, 15) is 19.5 Å². The summed E-state index contributed by atoms with van der Waals surface area (Å²) in [6, 6.07) is 10.4. The Labute approximate surface area is 168 Å². The summed E-state index contributed by atoms with van der Waals surface area (Å²) in [5.74, 6) is -1.14. The van der Waals surface area contributed by atoms with Crippen LogP contribution in [-0.2, 0) is 0 Å². The van der Waals surface area contributed by atoms with Crippen LogP contribution in [0, 0.1) is 13.8 Å². The molecule has 4 heteroatoms. The highest BCUT2D eigenvalue weighted by Gasteiger charge is 2.33. The predicted octanol–water partition coefficient (Wildman–Crippen LogP) is 3.69. The fourth-order valence-corrected chi connectivity index (χ4v) is 3.75. The van der Waals surface area contributed by atoms with Gasteiger partial charge in [0.2, 0.25) is 0 Å². The van der Waals surface area contributed by atoms with Crippen molar-refractivity contribution in [2.24, 2.45) is 0 Å². The summed E-state index contributed by atoms with van der Waals surface area (Å²) in [5.41, 5.74) is 3.55. The molecule has 142 valence electrons. The molecule has 0 heterocycles. The third-order valence-corrected chi connectivity index (χ3v) is 5.22. The second kappa shape index (κ2) is 6.99. The lowest BCUT2D eigenvalue weighted by Gasteiger charge is -2.09. The number of fused-ring (bicyclic) bond motifs is 2. The van der Waals surface area contributed by atoms with E-state index in [1.165, 1.54) is 12.2 Å². The first-order chi connectivity index (χ1) is 13.9. The smallest absolute Gasteiger partial charge is 0.197 e. The van der Waals surface area contributed by atoms with Crippen LogP contribution in [0.3, 0.4) is 0 Å². The Bertz CT molecular complexity index is 1220. The monoisotopic (exact) mass is 381 g/mol. The van der Waals surface area contributed by atoms with E-state index in [2.05, 4.69) is 0 Å². The summed E-state index contributed by atoms with van der Waals surface area (Å²) in [4.78, 5) is 37.5. The van der Waals surface area contributed by atoms with E-state index >= 15 is 0 Å². The standard InChI is InChI=1S/C25H18O4/c1-14-8-6-12-16-20(14)24(28)18(22(16)26)10-4-3-5-11-19-23(27)17-13-7-9-15(2)21(17)25(19)29/h3-13,26H,1-2H3/p-1. The van der Waals surface area contributed by atoms with Gasteiger partial charge in [0, 0.05) is 22.3 Å². The Morgan fingerprint density at radius 3 is 1.97 bits per heavy atom. The Morgan fingerprint density at radius 2 is 1.34 bits per heavy atom. The van der Waals surface area contributed by atoms with Crippen molar-refractivity contribution in [1.82, 2.24) is 0 Å². The maximum Gasteiger partial charge on any atom is 0.197 e. The fraction of sp³-hybridized carbons (Fsp3) is 0.0800. The van der Waals surface area contributed by atoms with E-state index in [4.69, 9.17) is 0 Å². The van der Waals surface area contributed by atoms with Crippen molar-refractivity contribution < 1.29 is 19.5 Å². The molecule has 0 saturated heterocycles. The van der Waals surface area contributed by atoms with Crippen molar-refractivity contribution in [1.29, 1.82) is 0 Å². The number of carbonyl (C=O) groups is 3. The molecule has 29 heavy (non-hydrogen) atoms. The van der Waals surface area contributed by atoms with Crippen LogP contribution in [0.15, 0.2) is 77.9 Å². The Kier molecular flexibility index (Phi) is 4.47. The molecule has 0 radical (unpaired) electrons. The molecule has 2 aromatic carbocycles. The van der Waals surface area contributed by atoms with Gasteiger partial charge < -0.3 is 5.11 Å². The molecule has 0 spiro atoms. The zero-order valence-electron chi connectivity index (χ0n) is 16.0. The van der Waals surface area contributed by atoms with Gasteiger partial charge in [-0.05, 0) is 36.6 Å². The van der Waals surface area contributed by atoms with Crippen molar-refractivity contribution in [3.63, 3.8) is 0 Å². The van der Waals surface area contributed by atoms with Gasteiger partial charge in [-0.3, -0.25) is 14.4 Å². The number of rotatable bonds is 3. The molecule has 0 fully saturated rings. The summed E-state index contributed by atoms with van der Waals surface area (Å²) >= 11 is 0. The highest BCUT2D eigenvalue weighted by molar-refractivity contribution is 6.40. The highest BCUT2D eigenvalue weighted by Crippen LogP contribution is 2.32. The van der Waals surface area contributed by atoms with Gasteiger partial charge >= 0.3 is 0 Å². The van der Waals surface area contributed by atoms with E-state index in [1.807, 2.05) is 0 Å². The summed E-state index contributed by atoms with van der Waals surface area (Å²) in [5, 5.41) is 12.4. The molecule has 0 N–H and O–H groups in total. The number of benzene rings is 2. The fourth-order valence-electron chi connectivity index (χ4n) is 3.75. The normalized spacial score (nSPS) is 17.3. The SMILES string of the molecule is Cc1cccc2c1C(=O)C(=CC=CC=CC1=C([O-])c3cccc(C)c3C1=O)C2=O. The van der Waals surface area contributed by atoms with E-state index in [1.54, 1.807) is 68.5 Å². The highest BCUT2D eigenvalue weighted by atomic mass is 16.3. The number of ketones is 3. The van der Waals surface area contributed by atoms with E-state index in [0.717, 1.165) is 11.1 Å². The van der Waals surface area contributed by atoms with Gasteiger partial charge in [-0.2, -0.15) is 0 Å². The zero-order valence-corrected chi connectivity index (χ0v) is 16.0. The topological polar surface area (TPSA) is 74.3 Å². The first-order valence-electron chi connectivity index (χ1n) is 9.22. The second-order valence-electron chi connectivity index (χ2n) is 7.05. The largest absolute Gasteiger partial charge is 0.872 e. The molecule has 0 bridgehead atoms. The van der Waals surface area contributed by atoms with E-state index in [0.29, 0.717) is 22.3 Å². The van der Waals surface area contributed by atoms with E-state index < -0.39 is 0 Å². The van der Waals surface area contributed by atoms with Gasteiger partial charge in [0.15, 0.2) is 17.3 Å². The van der Waals surface area contributed by atoms with Gasteiger partial charge in [-0.25, -0.2) is 0 Å². The predicted molar refractivity (Wildman–Crippen MR) is 109 cm³/mol. The molecule has 0 atom stereocenters. The minimum Gasteiger partial charge on any atom is -0.872 e. The van der Waals surface area contributed by atoms with Crippen molar-refractivity contribution >= 4 is 23.1 Å². The van der Waals surface area contributed by atoms with Crippen LogP contribution in [-0.4, -0.2) is 17.3 Å². The van der Waals surface area contributed by atoms with Crippen LogP contribution in [0.4, 0.5) is 0 Å². The average Bonchev–Trinajstić information content (AvgIpc) is 3.09. The van der Waals surface area contributed by atoms with Crippen molar-refractivity contribution in [3.05, 3.63) is 111 Å². The van der Waals surface area contributed by atoms with Crippen molar-refractivity contribution in [2.45, 2.75) is 13.8 Å². The van der Waals surface area contributed by atoms with Crippen LogP contribution in [0.5, 0.6) is 0 Å². The number of aryl methyl sites for hydroxylation is 2. The summed E-state index contributed by atoms with van der Waals surface area (Å²) in [7, 11) is 0. The maximum absolute atomic E-state index is 12.5. The molecule has 2 aliphatic carbocycles. The zero-order chi connectivity index (χ0) is 20.7. The summed E-state index contributed by atoms with van der Waals surface area (Å²) in [6.45, 7) is 3.61. The molecular formula is C25H17O4-. The van der Waals surface area contributed by atoms with Crippen LogP contribution in [0.1, 0.15) is 47.8 Å². The first kappa shape index (κ1) is 18.6. The van der Waals surface area contributed by atoms with Crippen molar-refractivity contribution in [3.8, 4) is 0 Å². The summed E-state index contributed by atoms with van der Waals surface area (Å²) < 4.78 is 0. The lowest BCUT2D eigenvalue weighted by atomic mass is 10.0. The molecule has 0 aromatic heterocycles. The number of allylic oxidation sites excluding steroid dienone is 7. The quantitative estimate of drug-likeness (QED) is 0.462. The number of hydrogen-bond acceptors (Lipinski definition) is 4. The molecule has 0 saturated carbocycles. The minimum absolute atomic E-state index is 0.114. The van der Waals surface area contributed by atoms with E-state index in [-0.39, 0.29) is 34.3 Å². The molecule has 2 aliphatic rings. The molecular weight excluding hydrogens is 364 g/mol. The lowest BCUT2D eigenvalue weighted by Crippen LogP contribution is -2.02. The Hall–Kier alpha value is -3.79. The number of carbonyl (C=O) groups excluding carboxylic acids is 3. The van der Waals surface area contributed by atoms with Crippen LogP contribution in [0.2, 0.25) is 0 Å². The Morgan fingerprint density at radius 1 is 0.724 bits per heavy atom. The number of Topliss-reactive ketones (excluding diaryl/α,β-unsaturated/α-hetero) is 3. The van der Waals surface area contributed by atoms with Crippen LogP contribution >= 0.6 is 0 Å². The second-order valence-corrected chi connectivity index (χ2v) is 7.05. The molecule has 4 nitrogen and oxygen atoms in total. The molecule has 0 amide bonds. The van der Waals surface area contributed by atoms with Crippen LogP contribution in [0.25, 0.3) is 5.76 Å². The molecule has 0 unspecified atom stereocenters. The first-order valence-corrected chi connectivity index (χ1v) is 9.22. The third-order valence-electron chi connectivity index (χ3n) is 5.22. The van der Waals surface area contributed by atoms with Gasteiger partial charge in [-0.15, -0.1) is 0 Å². The molecule has 4 rings (SSSR count). The maximum atomic E-state index is 12.5. The Balaban J connectivity index is 1.55. The van der Waals surface area contributed by atoms with Gasteiger partial charge in [0.1, 0.15) is 0 Å². The van der Waals surface area contributed by atoms with Gasteiger partial charge in [-0.1, -0.05) is 66.5 Å². The van der Waals surface area contributed by atoms with Crippen LogP contribution < -0.4 is 5.11 Å². The van der Waals surface area contributed by atoms with Gasteiger partial charge in [0.05, 0.1) is 5.57 Å². The van der Waals surface area contributed by atoms with Crippen molar-refractivity contribution in [2.75, 3.05) is 0 Å². The third kappa shape index (κ3) is 2.90. The van der Waals surface area contributed by atoms with Gasteiger partial charge in [0.25, 0.3) is 0 Å². The molecule has 0 aliphatic heterocycles.